The van der Waals surface area contributed by atoms with Gasteiger partial charge in [0.15, 0.2) is 5.96 Å². The molecule has 1 aromatic rings. The summed E-state index contributed by atoms with van der Waals surface area (Å²) in [6.45, 7) is 5.48. The summed E-state index contributed by atoms with van der Waals surface area (Å²) in [5, 5.41) is 6.21. The van der Waals surface area contributed by atoms with E-state index >= 15 is 0 Å². The first-order chi connectivity index (χ1) is 13.6. The number of hydrogen-bond donors (Lipinski definition) is 3. The summed E-state index contributed by atoms with van der Waals surface area (Å²) in [5.74, 6) is -0.593. The van der Waals surface area contributed by atoms with Crippen LogP contribution in [-0.4, -0.2) is 58.4 Å². The molecule has 0 heterocycles. The third kappa shape index (κ3) is 13.4. The van der Waals surface area contributed by atoms with E-state index in [0.29, 0.717) is 45.3 Å². The van der Waals surface area contributed by atoms with Gasteiger partial charge in [0.25, 0.3) is 0 Å². The van der Waals surface area contributed by atoms with Gasteiger partial charge >= 0.3 is 0 Å². The Bertz CT molecular complexity index is 588. The minimum Gasteiger partial charge on any atom is -0.379 e. The Morgan fingerprint density at radius 3 is 2.38 bits per heavy atom. The van der Waals surface area contributed by atoms with Crippen molar-refractivity contribution < 1.29 is 18.7 Å². The lowest BCUT2D eigenvalue weighted by Crippen LogP contribution is -2.44. The first kappa shape index (κ1) is 27.5. The number of primary amides is 1. The Kier molecular flexibility index (Phi) is 16.5. The number of nitrogens with zero attached hydrogens (tertiary/aromatic N) is 1. The van der Waals surface area contributed by atoms with Crippen LogP contribution in [0, 0.1) is 11.7 Å². The van der Waals surface area contributed by atoms with Crippen molar-refractivity contribution in [2.24, 2.45) is 16.6 Å². The van der Waals surface area contributed by atoms with Gasteiger partial charge in [-0.1, -0.05) is 25.5 Å². The molecule has 4 N–H and O–H groups in total. The second kappa shape index (κ2) is 17.4. The third-order valence-corrected chi connectivity index (χ3v) is 4.09. The van der Waals surface area contributed by atoms with E-state index in [4.69, 9.17) is 15.2 Å². The van der Waals surface area contributed by atoms with Gasteiger partial charge in [-0.25, -0.2) is 4.39 Å². The Balaban J connectivity index is 0.00000784. The van der Waals surface area contributed by atoms with E-state index in [2.05, 4.69) is 22.5 Å². The van der Waals surface area contributed by atoms with Crippen LogP contribution in [0.1, 0.15) is 25.3 Å². The van der Waals surface area contributed by atoms with Crippen LogP contribution in [0.5, 0.6) is 0 Å². The predicted octanol–water partition coefficient (Wildman–Crippen LogP) is 2.09. The molecule has 1 atom stereocenters. The molecule has 29 heavy (non-hydrogen) atoms. The number of halogens is 2. The highest BCUT2D eigenvalue weighted by atomic mass is 127. The van der Waals surface area contributed by atoms with Gasteiger partial charge in [0, 0.05) is 26.7 Å². The number of benzene rings is 1. The number of carbonyl (C=O) groups is 1. The number of hydrogen-bond acceptors (Lipinski definition) is 4. The van der Waals surface area contributed by atoms with Gasteiger partial charge in [0.2, 0.25) is 5.91 Å². The first-order valence-electron chi connectivity index (χ1n) is 9.70. The molecule has 1 unspecified atom stereocenters. The molecule has 0 aromatic heterocycles. The van der Waals surface area contributed by atoms with Gasteiger partial charge in [0.1, 0.15) is 5.82 Å². The molecule has 0 saturated carbocycles. The highest BCUT2D eigenvalue weighted by Crippen LogP contribution is 2.09. The van der Waals surface area contributed by atoms with Crippen molar-refractivity contribution in [1.29, 1.82) is 0 Å². The zero-order valence-corrected chi connectivity index (χ0v) is 19.6. The van der Waals surface area contributed by atoms with Crippen LogP contribution >= 0.6 is 24.0 Å². The largest absolute Gasteiger partial charge is 0.379 e. The maximum absolute atomic E-state index is 13.0. The Labute approximate surface area is 190 Å². The molecule has 0 bridgehead atoms. The van der Waals surface area contributed by atoms with Crippen LogP contribution < -0.4 is 16.4 Å². The van der Waals surface area contributed by atoms with E-state index in [9.17, 15) is 9.18 Å². The molecule has 0 aliphatic heterocycles. The molecular formula is C20H34FIN4O3. The molecule has 0 spiro atoms. The smallest absolute Gasteiger partial charge is 0.222 e. The van der Waals surface area contributed by atoms with Crippen LogP contribution in [0.15, 0.2) is 29.3 Å². The second-order valence-corrected chi connectivity index (χ2v) is 6.39. The molecular weight excluding hydrogens is 490 g/mol. The maximum Gasteiger partial charge on any atom is 0.222 e. The molecule has 0 aliphatic carbocycles. The highest BCUT2D eigenvalue weighted by Gasteiger charge is 2.16. The van der Waals surface area contributed by atoms with Crippen molar-refractivity contribution in [3.8, 4) is 0 Å². The van der Waals surface area contributed by atoms with Crippen molar-refractivity contribution in [3.63, 3.8) is 0 Å². The summed E-state index contributed by atoms with van der Waals surface area (Å²) >= 11 is 0. The summed E-state index contributed by atoms with van der Waals surface area (Å²) in [7, 11) is 1.65. The van der Waals surface area contributed by atoms with Crippen LogP contribution in [0.4, 0.5) is 4.39 Å². The maximum atomic E-state index is 13.0. The van der Waals surface area contributed by atoms with Gasteiger partial charge < -0.3 is 25.8 Å². The molecule has 166 valence electrons. The van der Waals surface area contributed by atoms with E-state index in [1.165, 1.54) is 12.1 Å². The quantitative estimate of drug-likeness (QED) is 0.150. The van der Waals surface area contributed by atoms with Crippen LogP contribution in [-0.2, 0) is 20.7 Å². The monoisotopic (exact) mass is 524 g/mol. The number of aliphatic imine (C=N–C) groups is 1. The summed E-state index contributed by atoms with van der Waals surface area (Å²) in [5.41, 5.74) is 6.35. The zero-order chi connectivity index (χ0) is 20.6. The summed E-state index contributed by atoms with van der Waals surface area (Å²) < 4.78 is 23.9. The number of carbonyl (C=O) groups excluding carboxylic acids is 1. The summed E-state index contributed by atoms with van der Waals surface area (Å²) in [6.07, 6.45) is 2.62. The Morgan fingerprint density at radius 2 is 1.79 bits per heavy atom. The Hall–Kier alpha value is -1.46. The van der Waals surface area contributed by atoms with Crippen molar-refractivity contribution in [2.75, 3.05) is 46.6 Å². The van der Waals surface area contributed by atoms with E-state index in [-0.39, 0.29) is 29.8 Å². The van der Waals surface area contributed by atoms with Crippen LogP contribution in [0.25, 0.3) is 0 Å². The first-order valence-corrected chi connectivity index (χ1v) is 9.70. The fraction of sp³-hybridized carbons (Fsp3) is 0.600. The lowest BCUT2D eigenvalue weighted by Gasteiger charge is -2.17. The average molecular weight is 524 g/mol. The van der Waals surface area contributed by atoms with Crippen molar-refractivity contribution in [2.45, 2.75) is 26.2 Å². The molecule has 0 saturated heterocycles. The minimum atomic E-state index is -0.430. The van der Waals surface area contributed by atoms with Crippen molar-refractivity contribution in [3.05, 3.63) is 35.6 Å². The number of guanidine groups is 1. The topological polar surface area (TPSA) is 98.0 Å². The molecule has 7 nitrogen and oxygen atoms in total. The fourth-order valence-corrected chi connectivity index (χ4v) is 2.43. The molecule has 9 heteroatoms. The van der Waals surface area contributed by atoms with Crippen LogP contribution in [0.2, 0.25) is 0 Å². The standard InChI is InChI=1S/C20H33FN4O3.HI/c1-3-4-10-27-12-13-28-11-9-24-20(23-2)25-15-17(19(22)26)14-16-5-7-18(21)8-6-16;/h5-8,17H,3-4,9-15H2,1-2H3,(H2,22,26)(H2,23,24,25);1H. The average Bonchev–Trinajstić information content (AvgIpc) is 2.69. The SMILES string of the molecule is CCCCOCCOCCNC(=NC)NCC(Cc1ccc(F)cc1)C(N)=O.I. The normalized spacial score (nSPS) is 12.2. The number of amides is 1. The number of ether oxygens (including phenoxy) is 2. The molecule has 0 radical (unpaired) electrons. The Morgan fingerprint density at radius 1 is 1.14 bits per heavy atom. The van der Waals surface area contributed by atoms with Gasteiger partial charge in [-0.05, 0) is 30.5 Å². The van der Waals surface area contributed by atoms with Gasteiger partial charge in [0.05, 0.1) is 25.7 Å². The van der Waals surface area contributed by atoms with E-state index in [0.717, 1.165) is 25.0 Å². The lowest BCUT2D eigenvalue weighted by molar-refractivity contribution is -0.121. The molecule has 0 aliphatic rings. The van der Waals surface area contributed by atoms with E-state index in [1.54, 1.807) is 19.2 Å². The van der Waals surface area contributed by atoms with Gasteiger partial charge in [-0.3, -0.25) is 9.79 Å². The number of nitrogens with one attached hydrogen (secondary N) is 2. The van der Waals surface area contributed by atoms with Crippen molar-refractivity contribution in [1.82, 2.24) is 10.6 Å². The molecule has 1 rings (SSSR count). The lowest BCUT2D eigenvalue weighted by atomic mass is 9.98. The molecule has 0 fully saturated rings. The zero-order valence-electron chi connectivity index (χ0n) is 17.3. The van der Waals surface area contributed by atoms with E-state index < -0.39 is 11.8 Å². The van der Waals surface area contributed by atoms with Gasteiger partial charge in [-0.2, -0.15) is 0 Å². The fourth-order valence-electron chi connectivity index (χ4n) is 2.43. The predicted molar refractivity (Wildman–Crippen MR) is 124 cm³/mol. The van der Waals surface area contributed by atoms with Gasteiger partial charge in [-0.15, -0.1) is 24.0 Å². The molecule has 1 amide bonds. The summed E-state index contributed by atoms with van der Waals surface area (Å²) in [6, 6.07) is 6.05. The van der Waals surface area contributed by atoms with E-state index in [1.807, 2.05) is 0 Å². The number of nitrogens with two attached hydrogens (primary N) is 1. The highest BCUT2D eigenvalue weighted by molar-refractivity contribution is 14.0. The number of unbranched alkanes of at least 4 members (excludes halogenated alkanes) is 1. The second-order valence-electron chi connectivity index (χ2n) is 6.39. The number of rotatable bonds is 14. The minimum absolute atomic E-state index is 0. The van der Waals surface area contributed by atoms with Crippen LogP contribution in [0.3, 0.4) is 0 Å². The molecule has 1 aromatic carbocycles. The third-order valence-electron chi connectivity index (χ3n) is 4.09. The van der Waals surface area contributed by atoms with Crippen molar-refractivity contribution >= 4 is 35.8 Å². The summed E-state index contributed by atoms with van der Waals surface area (Å²) in [4.78, 5) is 15.8.